The second-order valence-electron chi connectivity index (χ2n) is 5.90. The average molecular weight is 356 g/mol. The van der Waals surface area contributed by atoms with Crippen molar-refractivity contribution in [3.05, 3.63) is 22.5 Å². The molecule has 1 N–H and O–H groups in total. The highest BCUT2D eigenvalue weighted by molar-refractivity contribution is 6.31. The van der Waals surface area contributed by atoms with Crippen molar-refractivity contribution in [2.75, 3.05) is 13.2 Å². The van der Waals surface area contributed by atoms with Crippen LogP contribution >= 0.6 is 11.6 Å². The first kappa shape index (κ1) is 20.2. The summed E-state index contributed by atoms with van der Waals surface area (Å²) in [5.41, 5.74) is 1.53. The van der Waals surface area contributed by atoms with Crippen LogP contribution in [0, 0.1) is 12.8 Å². The predicted molar refractivity (Wildman–Crippen MR) is 94.7 cm³/mol. The number of carbonyl (C=O) groups is 2. The molecule has 0 saturated carbocycles. The van der Waals surface area contributed by atoms with E-state index in [1.54, 1.807) is 17.7 Å². The van der Waals surface area contributed by atoms with Crippen molar-refractivity contribution in [3.63, 3.8) is 0 Å². The summed E-state index contributed by atoms with van der Waals surface area (Å²) in [6.45, 7) is 9.33. The van der Waals surface area contributed by atoms with Crippen molar-refractivity contribution < 1.29 is 14.3 Å². The zero-order chi connectivity index (χ0) is 18.1. The molecule has 0 spiro atoms. The Morgan fingerprint density at radius 1 is 1.42 bits per heavy atom. The second kappa shape index (κ2) is 10.1. The van der Waals surface area contributed by atoms with Gasteiger partial charge in [-0.15, -0.1) is 0 Å². The van der Waals surface area contributed by atoms with Gasteiger partial charge in [-0.25, -0.2) is 0 Å². The van der Waals surface area contributed by atoms with E-state index >= 15 is 0 Å². The van der Waals surface area contributed by atoms with Gasteiger partial charge in [0.25, 0.3) is 0 Å². The monoisotopic (exact) mass is 355 g/mol. The highest BCUT2D eigenvalue weighted by Crippen LogP contribution is 2.22. The third-order valence-corrected chi connectivity index (χ3v) is 3.61. The number of carbonyl (C=O) groups excluding carboxylic acids is 2. The maximum absolute atomic E-state index is 11.8. The maximum atomic E-state index is 11.8. The second-order valence-corrected chi connectivity index (χ2v) is 6.26. The van der Waals surface area contributed by atoms with Crippen LogP contribution in [0.2, 0.25) is 5.15 Å². The molecule has 6 nitrogen and oxygen atoms in total. The van der Waals surface area contributed by atoms with E-state index in [2.05, 4.69) is 24.3 Å². The molecule has 7 heteroatoms. The van der Waals surface area contributed by atoms with Gasteiger partial charge in [-0.3, -0.25) is 14.3 Å². The van der Waals surface area contributed by atoms with Crippen LogP contribution in [0.25, 0.3) is 6.08 Å². The Hall–Kier alpha value is -1.82. The van der Waals surface area contributed by atoms with Crippen LogP contribution in [0.4, 0.5) is 0 Å². The molecule has 1 aromatic rings. The van der Waals surface area contributed by atoms with Crippen LogP contribution in [0.1, 0.15) is 44.9 Å². The summed E-state index contributed by atoms with van der Waals surface area (Å²) in [6.07, 6.45) is 3.94. The standard InChI is InChI=1S/C17H26ClN3O3/c1-5-24-16(23)7-6-10-19-15(22)9-8-14-13(4)20-21(17(14)18)11-12(2)3/h8-9,12H,5-7,10-11H2,1-4H3,(H,19,22)/b9-8+. The van der Waals surface area contributed by atoms with E-state index in [1.807, 2.05) is 6.92 Å². The Labute approximate surface area is 148 Å². The first-order chi connectivity index (χ1) is 11.3. The highest BCUT2D eigenvalue weighted by atomic mass is 35.5. The van der Waals surface area contributed by atoms with Crippen molar-refractivity contribution >= 4 is 29.6 Å². The largest absolute Gasteiger partial charge is 0.466 e. The van der Waals surface area contributed by atoms with Crippen LogP contribution in [-0.4, -0.2) is 34.8 Å². The normalized spacial score (nSPS) is 11.2. The first-order valence-electron chi connectivity index (χ1n) is 8.19. The molecule has 0 saturated heterocycles. The molecule has 0 fully saturated rings. The number of hydrogen-bond donors (Lipinski definition) is 1. The Balaban J connectivity index is 2.49. The number of aromatic nitrogens is 2. The van der Waals surface area contributed by atoms with Gasteiger partial charge in [0.15, 0.2) is 0 Å². The number of aryl methyl sites for hydroxylation is 1. The molecule has 1 rings (SSSR count). The van der Waals surface area contributed by atoms with Crippen LogP contribution in [0.5, 0.6) is 0 Å². The lowest BCUT2D eigenvalue weighted by atomic mass is 10.2. The van der Waals surface area contributed by atoms with Crippen LogP contribution < -0.4 is 5.32 Å². The number of nitrogens with zero attached hydrogens (tertiary/aromatic N) is 2. The molecular weight excluding hydrogens is 330 g/mol. The van der Waals surface area contributed by atoms with E-state index in [4.69, 9.17) is 16.3 Å². The van der Waals surface area contributed by atoms with E-state index in [0.29, 0.717) is 37.1 Å². The van der Waals surface area contributed by atoms with Crippen LogP contribution in [-0.2, 0) is 20.9 Å². The summed E-state index contributed by atoms with van der Waals surface area (Å²) in [4.78, 5) is 23.0. The summed E-state index contributed by atoms with van der Waals surface area (Å²) >= 11 is 6.31. The zero-order valence-electron chi connectivity index (χ0n) is 14.8. The minimum Gasteiger partial charge on any atom is -0.466 e. The van der Waals surface area contributed by atoms with Gasteiger partial charge in [0.05, 0.1) is 12.3 Å². The minimum atomic E-state index is -0.248. The molecule has 1 aromatic heterocycles. The van der Waals surface area contributed by atoms with Crippen molar-refractivity contribution in [1.29, 1.82) is 0 Å². The molecule has 1 heterocycles. The van der Waals surface area contributed by atoms with Gasteiger partial charge in [-0.2, -0.15) is 5.10 Å². The average Bonchev–Trinajstić information content (AvgIpc) is 2.75. The number of halogens is 1. The van der Waals surface area contributed by atoms with E-state index in [9.17, 15) is 9.59 Å². The third kappa shape index (κ3) is 6.74. The van der Waals surface area contributed by atoms with Crippen molar-refractivity contribution in [2.24, 2.45) is 5.92 Å². The lowest BCUT2D eigenvalue weighted by Gasteiger charge is -2.05. The molecular formula is C17H26ClN3O3. The molecule has 0 unspecified atom stereocenters. The molecule has 0 bridgehead atoms. The van der Waals surface area contributed by atoms with E-state index in [-0.39, 0.29) is 11.9 Å². The first-order valence-corrected chi connectivity index (χ1v) is 8.57. The Morgan fingerprint density at radius 3 is 2.75 bits per heavy atom. The van der Waals surface area contributed by atoms with Crippen molar-refractivity contribution in [3.8, 4) is 0 Å². The SMILES string of the molecule is CCOC(=O)CCCNC(=O)/C=C/c1c(C)nn(CC(C)C)c1Cl. The zero-order valence-corrected chi connectivity index (χ0v) is 15.5. The van der Waals surface area contributed by atoms with Crippen molar-refractivity contribution in [2.45, 2.75) is 47.1 Å². The van der Waals surface area contributed by atoms with Gasteiger partial charge in [0.2, 0.25) is 5.91 Å². The molecule has 134 valence electrons. The van der Waals surface area contributed by atoms with E-state index in [1.165, 1.54) is 6.08 Å². The molecule has 1 amide bonds. The lowest BCUT2D eigenvalue weighted by molar-refractivity contribution is -0.143. The number of amides is 1. The molecule has 0 aliphatic heterocycles. The summed E-state index contributed by atoms with van der Waals surface area (Å²) in [5.74, 6) is -0.0467. The van der Waals surface area contributed by atoms with Gasteiger partial charge in [0.1, 0.15) is 5.15 Å². The Kier molecular flexibility index (Phi) is 8.54. The molecule has 0 aliphatic rings. The van der Waals surface area contributed by atoms with Crippen LogP contribution in [0.15, 0.2) is 6.08 Å². The summed E-state index contributed by atoms with van der Waals surface area (Å²) in [7, 11) is 0. The third-order valence-electron chi connectivity index (χ3n) is 3.21. The van der Waals surface area contributed by atoms with E-state index in [0.717, 1.165) is 17.8 Å². The predicted octanol–water partition coefficient (Wildman–Crippen LogP) is 2.97. The Bertz CT molecular complexity index is 594. The fourth-order valence-corrected chi connectivity index (χ4v) is 2.43. The topological polar surface area (TPSA) is 73.2 Å². The van der Waals surface area contributed by atoms with Gasteiger partial charge in [-0.05, 0) is 32.3 Å². The Morgan fingerprint density at radius 2 is 2.12 bits per heavy atom. The molecule has 0 aliphatic carbocycles. The number of esters is 1. The number of hydrogen-bond acceptors (Lipinski definition) is 4. The fraction of sp³-hybridized carbons (Fsp3) is 0.588. The van der Waals surface area contributed by atoms with Crippen molar-refractivity contribution in [1.82, 2.24) is 15.1 Å². The number of ether oxygens (including phenoxy) is 1. The summed E-state index contributed by atoms with van der Waals surface area (Å²) in [6, 6.07) is 0. The molecule has 0 radical (unpaired) electrons. The van der Waals surface area contributed by atoms with Crippen LogP contribution in [0.3, 0.4) is 0 Å². The summed E-state index contributed by atoms with van der Waals surface area (Å²) < 4.78 is 6.57. The lowest BCUT2D eigenvalue weighted by Crippen LogP contribution is -2.22. The molecule has 0 aromatic carbocycles. The van der Waals surface area contributed by atoms with E-state index < -0.39 is 0 Å². The smallest absolute Gasteiger partial charge is 0.305 e. The highest BCUT2D eigenvalue weighted by Gasteiger charge is 2.12. The van der Waals surface area contributed by atoms with Gasteiger partial charge >= 0.3 is 5.97 Å². The molecule has 0 atom stereocenters. The maximum Gasteiger partial charge on any atom is 0.305 e. The minimum absolute atomic E-state index is 0.231. The van der Waals surface area contributed by atoms with Gasteiger partial charge < -0.3 is 10.1 Å². The van der Waals surface area contributed by atoms with Gasteiger partial charge in [-0.1, -0.05) is 25.4 Å². The number of nitrogens with one attached hydrogen (secondary N) is 1. The summed E-state index contributed by atoms with van der Waals surface area (Å²) in [5, 5.41) is 7.65. The molecule has 24 heavy (non-hydrogen) atoms. The fourth-order valence-electron chi connectivity index (χ4n) is 2.12. The number of rotatable bonds is 9. The quantitative estimate of drug-likeness (QED) is 0.420. The van der Waals surface area contributed by atoms with Gasteiger partial charge in [0, 0.05) is 31.1 Å².